The summed E-state index contributed by atoms with van der Waals surface area (Å²) in [7, 11) is 0. The molecule has 0 bridgehead atoms. The normalized spacial score (nSPS) is 13.1. The molecule has 5 heteroatoms. The van der Waals surface area contributed by atoms with Crippen molar-refractivity contribution in [1.82, 2.24) is 0 Å². The average Bonchev–Trinajstić information content (AvgIpc) is 2.67. The van der Waals surface area contributed by atoms with E-state index in [-0.39, 0.29) is 5.63 Å². The van der Waals surface area contributed by atoms with Gasteiger partial charge in [-0.3, -0.25) is 0 Å². The van der Waals surface area contributed by atoms with Crippen molar-refractivity contribution in [3.63, 3.8) is 0 Å². The number of thioether (sulfide) groups is 1. The second-order valence-corrected chi connectivity index (χ2v) is 8.16. The topological polar surface area (TPSA) is 68.6 Å². The van der Waals surface area contributed by atoms with Crippen molar-refractivity contribution in [2.45, 2.75) is 45.8 Å². The maximum absolute atomic E-state index is 11.9. The maximum atomic E-state index is 11.9. The highest BCUT2D eigenvalue weighted by molar-refractivity contribution is 8.13. The van der Waals surface area contributed by atoms with Crippen LogP contribution in [0, 0.1) is 13.8 Å². The molecule has 0 unspecified atom stereocenters. The lowest BCUT2D eigenvalue weighted by Gasteiger charge is -2.09. The predicted octanol–water partition coefficient (Wildman–Crippen LogP) is 5.80. The van der Waals surface area contributed by atoms with E-state index in [0.29, 0.717) is 22.4 Å². The van der Waals surface area contributed by atoms with E-state index in [2.05, 4.69) is 44.0 Å². The van der Waals surface area contributed by atoms with Crippen molar-refractivity contribution in [3.05, 3.63) is 75.1 Å². The lowest BCUT2D eigenvalue weighted by atomic mass is 9.99. The summed E-state index contributed by atoms with van der Waals surface area (Å²) in [5.74, 6) is 1.10. The Balaban J connectivity index is 1.79. The smallest absolute Gasteiger partial charge is 0.336 e. The van der Waals surface area contributed by atoms with Gasteiger partial charge in [-0.05, 0) is 72.7 Å². The van der Waals surface area contributed by atoms with Crippen LogP contribution in [0.5, 0.6) is 0 Å². The third-order valence-electron chi connectivity index (χ3n) is 5.13. The van der Waals surface area contributed by atoms with Crippen LogP contribution in [0.3, 0.4) is 0 Å². The van der Waals surface area contributed by atoms with Crippen molar-refractivity contribution in [2.75, 3.05) is 0 Å². The van der Waals surface area contributed by atoms with Gasteiger partial charge in [0.2, 0.25) is 0 Å². The number of nitrogens with two attached hydrogens (primary N) is 1. The van der Waals surface area contributed by atoms with Crippen LogP contribution in [0.1, 0.15) is 48.4 Å². The Morgan fingerprint density at radius 1 is 1.14 bits per heavy atom. The van der Waals surface area contributed by atoms with Crippen LogP contribution in [0.25, 0.3) is 11.0 Å². The van der Waals surface area contributed by atoms with E-state index in [0.717, 1.165) is 34.2 Å². The summed E-state index contributed by atoms with van der Waals surface area (Å²) in [6.07, 6.45) is 1.11. The van der Waals surface area contributed by atoms with Crippen LogP contribution in [0.2, 0.25) is 0 Å². The lowest BCUT2D eigenvalue weighted by molar-refractivity contribution is 0.559. The molecule has 0 aliphatic heterocycles. The molecule has 0 saturated carbocycles. The highest BCUT2D eigenvalue weighted by Crippen LogP contribution is 2.26. The molecule has 3 aromatic rings. The molecule has 2 N–H and O–H groups in total. The molecular weight excluding hydrogens is 368 g/mol. The van der Waals surface area contributed by atoms with Crippen LogP contribution in [0.4, 0.5) is 5.69 Å². The Kier molecular flexibility index (Phi) is 6.25. The van der Waals surface area contributed by atoms with Crippen molar-refractivity contribution >= 4 is 33.6 Å². The molecule has 0 aliphatic rings. The number of hydrogen-bond donors (Lipinski definition) is 1. The monoisotopic (exact) mass is 394 g/mol. The van der Waals surface area contributed by atoms with E-state index in [1.54, 1.807) is 0 Å². The fourth-order valence-electron chi connectivity index (χ4n) is 3.03. The molecule has 28 heavy (non-hydrogen) atoms. The Hall–Kier alpha value is -2.53. The van der Waals surface area contributed by atoms with Gasteiger partial charge < -0.3 is 10.2 Å². The van der Waals surface area contributed by atoms with E-state index in [1.165, 1.54) is 23.4 Å². The highest BCUT2D eigenvalue weighted by Gasteiger charge is 2.09. The van der Waals surface area contributed by atoms with Crippen LogP contribution < -0.4 is 11.4 Å². The number of rotatable bonds is 5. The fraction of sp³-hybridized carbons (Fsp3) is 0.304. The molecule has 1 heterocycles. The van der Waals surface area contributed by atoms with Gasteiger partial charge in [0.05, 0.1) is 5.69 Å². The minimum absolute atomic E-state index is 0.345. The summed E-state index contributed by atoms with van der Waals surface area (Å²) >= 11 is 1.42. The van der Waals surface area contributed by atoms with E-state index >= 15 is 0 Å². The van der Waals surface area contributed by atoms with Crippen LogP contribution in [0.15, 0.2) is 56.7 Å². The lowest BCUT2D eigenvalue weighted by Crippen LogP contribution is -2.07. The zero-order valence-electron chi connectivity index (χ0n) is 16.8. The molecular formula is C23H26N2O2S. The first-order valence-electron chi connectivity index (χ1n) is 9.48. The summed E-state index contributed by atoms with van der Waals surface area (Å²) in [6, 6.07) is 13.7. The second-order valence-electron chi connectivity index (χ2n) is 7.16. The van der Waals surface area contributed by atoms with Gasteiger partial charge in [-0.2, -0.15) is 0 Å². The van der Waals surface area contributed by atoms with Gasteiger partial charge in [-0.1, -0.05) is 37.7 Å². The molecule has 0 spiro atoms. The Bertz CT molecular complexity index is 1070. The van der Waals surface area contributed by atoms with Crippen molar-refractivity contribution in [2.24, 2.45) is 10.7 Å². The van der Waals surface area contributed by atoms with Gasteiger partial charge in [-0.15, -0.1) is 0 Å². The summed E-state index contributed by atoms with van der Waals surface area (Å²) in [5.41, 5.74) is 11.7. The first kappa shape index (κ1) is 20.2. The number of hydrogen-bond acceptors (Lipinski definition) is 4. The second kappa shape index (κ2) is 8.65. The number of benzene rings is 2. The molecule has 3 rings (SSSR count). The molecule has 0 amide bonds. The van der Waals surface area contributed by atoms with Crippen LogP contribution >= 0.6 is 11.8 Å². The van der Waals surface area contributed by atoms with Gasteiger partial charge in [0.15, 0.2) is 5.17 Å². The number of fused-ring (bicyclic) bond motifs is 1. The van der Waals surface area contributed by atoms with E-state index in [4.69, 9.17) is 10.2 Å². The van der Waals surface area contributed by atoms with E-state index < -0.39 is 0 Å². The Labute approximate surface area is 169 Å². The van der Waals surface area contributed by atoms with Crippen LogP contribution in [-0.2, 0) is 5.75 Å². The summed E-state index contributed by atoms with van der Waals surface area (Å²) < 4.78 is 5.35. The van der Waals surface area contributed by atoms with E-state index in [1.807, 2.05) is 25.1 Å². The molecule has 4 nitrogen and oxygen atoms in total. The summed E-state index contributed by atoms with van der Waals surface area (Å²) in [4.78, 5) is 16.4. The number of nitrogens with zero attached hydrogens (tertiary/aromatic N) is 1. The fourth-order valence-corrected chi connectivity index (χ4v) is 3.74. The largest absolute Gasteiger partial charge is 0.423 e. The standard InChI is InChI=1S/C23H26N2O2S/c1-5-14(2)17-6-8-19(9-7-17)25-23(24)28-13-18-12-22(26)27-21-11-16(4)15(3)10-20(18)21/h6-12,14H,5,13H2,1-4H3,(H2,24,25)/t14-/m0/s1. The first-order valence-corrected chi connectivity index (χ1v) is 10.5. The van der Waals surface area contributed by atoms with E-state index in [9.17, 15) is 4.79 Å². The average molecular weight is 395 g/mol. The number of aliphatic imine (C=N–C) groups is 1. The number of amidine groups is 1. The molecule has 0 aliphatic carbocycles. The molecule has 2 aromatic carbocycles. The summed E-state index contributed by atoms with van der Waals surface area (Å²) in [6.45, 7) is 8.46. The van der Waals surface area contributed by atoms with Gasteiger partial charge in [-0.25, -0.2) is 9.79 Å². The molecule has 146 valence electrons. The third-order valence-corrected chi connectivity index (χ3v) is 5.98. The molecule has 1 aromatic heterocycles. The minimum Gasteiger partial charge on any atom is -0.423 e. The molecule has 1 atom stereocenters. The molecule has 0 radical (unpaired) electrons. The van der Waals surface area contributed by atoms with Crippen molar-refractivity contribution < 1.29 is 4.42 Å². The zero-order valence-corrected chi connectivity index (χ0v) is 17.6. The van der Waals surface area contributed by atoms with Gasteiger partial charge >= 0.3 is 5.63 Å². The van der Waals surface area contributed by atoms with Gasteiger partial charge in [0.1, 0.15) is 5.58 Å². The van der Waals surface area contributed by atoms with Crippen molar-refractivity contribution in [3.8, 4) is 0 Å². The van der Waals surface area contributed by atoms with Gasteiger partial charge in [0, 0.05) is 17.2 Å². The number of aryl methyl sites for hydroxylation is 2. The van der Waals surface area contributed by atoms with Crippen molar-refractivity contribution in [1.29, 1.82) is 0 Å². The Morgan fingerprint density at radius 2 is 1.82 bits per heavy atom. The predicted molar refractivity (Wildman–Crippen MR) is 120 cm³/mol. The SMILES string of the molecule is CC[C@H](C)c1ccc(N=C(N)SCc2cc(=O)oc3cc(C)c(C)cc23)cc1. The highest BCUT2D eigenvalue weighted by atomic mass is 32.2. The maximum Gasteiger partial charge on any atom is 0.336 e. The van der Waals surface area contributed by atoms with Gasteiger partial charge in [0.25, 0.3) is 0 Å². The Morgan fingerprint density at radius 3 is 2.50 bits per heavy atom. The molecule has 0 fully saturated rings. The summed E-state index contributed by atoms with van der Waals surface area (Å²) in [5, 5.41) is 1.42. The molecule has 0 saturated heterocycles. The quantitative estimate of drug-likeness (QED) is 0.337. The minimum atomic E-state index is -0.345. The first-order chi connectivity index (χ1) is 13.4. The van der Waals surface area contributed by atoms with Crippen LogP contribution in [-0.4, -0.2) is 5.17 Å². The zero-order chi connectivity index (χ0) is 20.3. The third kappa shape index (κ3) is 4.65.